The van der Waals surface area contributed by atoms with E-state index < -0.39 is 0 Å². The number of benzene rings is 1. The standard InChI is InChI=1S/C15H18FN3/c1-10-13(9-18-19-10)8-17-15-6-12(7-15)11-3-2-4-14(16)5-11/h2-5,9,12,15,17H,6-8H2,1H3,(H,18,19). The van der Waals surface area contributed by atoms with E-state index in [-0.39, 0.29) is 5.82 Å². The molecule has 2 aromatic rings. The Morgan fingerprint density at radius 2 is 2.26 bits per heavy atom. The second-order valence-electron chi connectivity index (χ2n) is 5.32. The Morgan fingerprint density at radius 1 is 1.42 bits per heavy atom. The first-order chi connectivity index (χ1) is 9.22. The summed E-state index contributed by atoms with van der Waals surface area (Å²) in [4.78, 5) is 0. The van der Waals surface area contributed by atoms with E-state index in [4.69, 9.17) is 0 Å². The number of halogens is 1. The Labute approximate surface area is 112 Å². The number of hydrogen-bond donors (Lipinski definition) is 2. The van der Waals surface area contributed by atoms with Gasteiger partial charge in [-0.25, -0.2) is 4.39 Å². The monoisotopic (exact) mass is 259 g/mol. The van der Waals surface area contributed by atoms with Gasteiger partial charge in [0, 0.05) is 23.8 Å². The molecule has 3 rings (SSSR count). The Kier molecular flexibility index (Phi) is 3.34. The third kappa shape index (κ3) is 2.68. The minimum atomic E-state index is -0.136. The van der Waals surface area contributed by atoms with Crippen LogP contribution in [0.25, 0.3) is 0 Å². The van der Waals surface area contributed by atoms with Gasteiger partial charge in [0.2, 0.25) is 0 Å². The summed E-state index contributed by atoms with van der Waals surface area (Å²) in [5.41, 5.74) is 3.46. The number of nitrogens with one attached hydrogen (secondary N) is 2. The van der Waals surface area contributed by atoms with Crippen LogP contribution in [0.1, 0.15) is 35.6 Å². The molecule has 19 heavy (non-hydrogen) atoms. The van der Waals surface area contributed by atoms with Gasteiger partial charge in [-0.2, -0.15) is 5.10 Å². The van der Waals surface area contributed by atoms with E-state index in [2.05, 4.69) is 15.5 Å². The van der Waals surface area contributed by atoms with Gasteiger partial charge < -0.3 is 5.32 Å². The molecule has 1 heterocycles. The number of aromatic amines is 1. The van der Waals surface area contributed by atoms with Crippen molar-refractivity contribution in [1.82, 2.24) is 15.5 Å². The summed E-state index contributed by atoms with van der Waals surface area (Å²) < 4.78 is 13.1. The fourth-order valence-corrected chi connectivity index (χ4v) is 2.63. The van der Waals surface area contributed by atoms with E-state index in [9.17, 15) is 4.39 Å². The normalized spacial score (nSPS) is 22.2. The molecule has 1 saturated carbocycles. The molecule has 1 aliphatic carbocycles. The van der Waals surface area contributed by atoms with Crippen molar-refractivity contribution < 1.29 is 4.39 Å². The van der Waals surface area contributed by atoms with Gasteiger partial charge >= 0.3 is 0 Å². The molecule has 0 radical (unpaired) electrons. The molecular formula is C15H18FN3. The minimum Gasteiger partial charge on any atom is -0.310 e. The molecule has 2 N–H and O–H groups in total. The Morgan fingerprint density at radius 3 is 2.95 bits per heavy atom. The molecule has 1 aliphatic rings. The van der Waals surface area contributed by atoms with Crippen LogP contribution in [0.4, 0.5) is 4.39 Å². The fourth-order valence-electron chi connectivity index (χ4n) is 2.63. The molecule has 0 aliphatic heterocycles. The van der Waals surface area contributed by atoms with Crippen LogP contribution >= 0.6 is 0 Å². The van der Waals surface area contributed by atoms with Crippen molar-refractivity contribution >= 4 is 0 Å². The number of aryl methyl sites for hydroxylation is 1. The molecule has 1 aromatic heterocycles. The van der Waals surface area contributed by atoms with Gasteiger partial charge in [-0.1, -0.05) is 12.1 Å². The van der Waals surface area contributed by atoms with Crippen molar-refractivity contribution in [2.75, 3.05) is 0 Å². The smallest absolute Gasteiger partial charge is 0.123 e. The first kappa shape index (κ1) is 12.4. The highest BCUT2D eigenvalue weighted by molar-refractivity contribution is 5.24. The second kappa shape index (κ2) is 5.13. The molecule has 1 aromatic carbocycles. The van der Waals surface area contributed by atoms with Gasteiger partial charge in [-0.05, 0) is 43.4 Å². The third-order valence-electron chi connectivity index (χ3n) is 3.97. The number of rotatable bonds is 4. The van der Waals surface area contributed by atoms with Gasteiger partial charge in [-0.3, -0.25) is 5.10 Å². The van der Waals surface area contributed by atoms with Crippen molar-refractivity contribution in [2.45, 2.75) is 38.3 Å². The lowest BCUT2D eigenvalue weighted by molar-refractivity contribution is 0.289. The van der Waals surface area contributed by atoms with Gasteiger partial charge in [0.15, 0.2) is 0 Å². The molecule has 0 unspecified atom stereocenters. The van der Waals surface area contributed by atoms with Crippen LogP contribution in [-0.2, 0) is 6.54 Å². The van der Waals surface area contributed by atoms with Crippen LogP contribution in [0.3, 0.4) is 0 Å². The van der Waals surface area contributed by atoms with E-state index in [1.807, 2.05) is 19.2 Å². The fraction of sp³-hybridized carbons (Fsp3) is 0.400. The predicted octanol–water partition coefficient (Wildman–Crippen LogP) is 2.89. The molecule has 0 saturated heterocycles. The van der Waals surface area contributed by atoms with E-state index in [0.717, 1.165) is 30.6 Å². The summed E-state index contributed by atoms with van der Waals surface area (Å²) in [6, 6.07) is 7.49. The zero-order chi connectivity index (χ0) is 13.2. The highest BCUT2D eigenvalue weighted by Crippen LogP contribution is 2.37. The van der Waals surface area contributed by atoms with Crippen molar-refractivity contribution in [1.29, 1.82) is 0 Å². The van der Waals surface area contributed by atoms with Crippen LogP contribution in [0.2, 0.25) is 0 Å². The summed E-state index contributed by atoms with van der Waals surface area (Å²) >= 11 is 0. The molecular weight excluding hydrogens is 241 g/mol. The van der Waals surface area contributed by atoms with E-state index in [0.29, 0.717) is 12.0 Å². The van der Waals surface area contributed by atoms with E-state index in [1.54, 1.807) is 12.1 Å². The second-order valence-corrected chi connectivity index (χ2v) is 5.32. The number of hydrogen-bond acceptors (Lipinski definition) is 2. The molecule has 4 heteroatoms. The summed E-state index contributed by atoms with van der Waals surface area (Å²) in [6.45, 7) is 2.88. The first-order valence-electron chi connectivity index (χ1n) is 6.70. The van der Waals surface area contributed by atoms with Gasteiger partial charge in [-0.15, -0.1) is 0 Å². The van der Waals surface area contributed by atoms with Gasteiger partial charge in [0.25, 0.3) is 0 Å². The Bertz CT molecular complexity index is 558. The van der Waals surface area contributed by atoms with Crippen LogP contribution < -0.4 is 5.32 Å². The minimum absolute atomic E-state index is 0.136. The average Bonchev–Trinajstić information content (AvgIpc) is 2.73. The quantitative estimate of drug-likeness (QED) is 0.886. The lowest BCUT2D eigenvalue weighted by Crippen LogP contribution is -2.39. The van der Waals surface area contributed by atoms with E-state index in [1.165, 1.54) is 11.6 Å². The molecule has 0 atom stereocenters. The molecule has 0 bridgehead atoms. The largest absolute Gasteiger partial charge is 0.310 e. The zero-order valence-corrected chi connectivity index (χ0v) is 11.0. The third-order valence-corrected chi connectivity index (χ3v) is 3.97. The summed E-state index contributed by atoms with van der Waals surface area (Å²) in [5, 5.41) is 10.5. The highest BCUT2D eigenvalue weighted by atomic mass is 19.1. The molecule has 3 nitrogen and oxygen atoms in total. The Hall–Kier alpha value is -1.68. The summed E-state index contributed by atoms with van der Waals surface area (Å²) in [7, 11) is 0. The molecule has 1 fully saturated rings. The van der Waals surface area contributed by atoms with Crippen LogP contribution in [-0.4, -0.2) is 16.2 Å². The SMILES string of the molecule is Cc1[nH]ncc1CNC1CC(c2cccc(F)c2)C1. The van der Waals surface area contributed by atoms with Crippen LogP contribution in [0, 0.1) is 12.7 Å². The molecule has 0 spiro atoms. The number of aromatic nitrogens is 2. The zero-order valence-electron chi connectivity index (χ0n) is 11.0. The summed E-state index contributed by atoms with van der Waals surface area (Å²) in [5.74, 6) is 0.363. The Balaban J connectivity index is 1.49. The molecule has 0 amide bonds. The van der Waals surface area contributed by atoms with Gasteiger partial charge in [0.05, 0.1) is 6.20 Å². The summed E-state index contributed by atoms with van der Waals surface area (Å²) in [6.07, 6.45) is 4.03. The maximum Gasteiger partial charge on any atom is 0.123 e. The van der Waals surface area contributed by atoms with Crippen molar-refractivity contribution in [3.63, 3.8) is 0 Å². The van der Waals surface area contributed by atoms with Crippen molar-refractivity contribution in [3.05, 3.63) is 53.1 Å². The number of nitrogens with zero attached hydrogens (tertiary/aromatic N) is 1. The predicted molar refractivity (Wildman–Crippen MR) is 72.3 cm³/mol. The van der Waals surface area contributed by atoms with Gasteiger partial charge in [0.1, 0.15) is 5.82 Å². The topological polar surface area (TPSA) is 40.7 Å². The average molecular weight is 259 g/mol. The maximum atomic E-state index is 13.1. The first-order valence-corrected chi connectivity index (χ1v) is 6.70. The maximum absolute atomic E-state index is 13.1. The lowest BCUT2D eigenvalue weighted by atomic mass is 9.76. The van der Waals surface area contributed by atoms with E-state index >= 15 is 0 Å². The van der Waals surface area contributed by atoms with Crippen molar-refractivity contribution in [3.8, 4) is 0 Å². The lowest BCUT2D eigenvalue weighted by Gasteiger charge is -2.36. The van der Waals surface area contributed by atoms with Crippen LogP contribution in [0.15, 0.2) is 30.5 Å². The molecule has 100 valence electrons. The number of H-pyrrole nitrogens is 1. The highest BCUT2D eigenvalue weighted by Gasteiger charge is 2.30. The van der Waals surface area contributed by atoms with Crippen molar-refractivity contribution in [2.24, 2.45) is 0 Å². The van der Waals surface area contributed by atoms with Crippen LogP contribution in [0.5, 0.6) is 0 Å².